The van der Waals surface area contributed by atoms with Crippen LogP contribution in [0.15, 0.2) is 54.1 Å². The van der Waals surface area contributed by atoms with Gasteiger partial charge in [-0.2, -0.15) is 0 Å². The summed E-state index contributed by atoms with van der Waals surface area (Å²) in [4.78, 5) is 27.0. The number of hydrogen-bond acceptors (Lipinski definition) is 4. The van der Waals surface area contributed by atoms with Gasteiger partial charge in [-0.25, -0.2) is 4.39 Å². The fourth-order valence-corrected chi connectivity index (χ4v) is 3.59. The van der Waals surface area contributed by atoms with E-state index in [-0.39, 0.29) is 16.9 Å². The van der Waals surface area contributed by atoms with Crippen molar-refractivity contribution in [1.29, 1.82) is 0 Å². The van der Waals surface area contributed by atoms with E-state index in [4.69, 9.17) is 4.74 Å². The van der Waals surface area contributed by atoms with Crippen molar-refractivity contribution in [2.24, 2.45) is 5.92 Å². The van der Waals surface area contributed by atoms with Crippen LogP contribution in [0.25, 0.3) is 5.76 Å². The minimum absolute atomic E-state index is 0.0953. The molecule has 1 N–H and O–H groups in total. The van der Waals surface area contributed by atoms with Crippen molar-refractivity contribution in [3.63, 3.8) is 0 Å². The predicted octanol–water partition coefficient (Wildman–Crippen LogP) is 5.08. The Kier molecular flexibility index (Phi) is 7.10. The van der Waals surface area contributed by atoms with Gasteiger partial charge in [0.2, 0.25) is 0 Å². The molecule has 1 atom stereocenters. The second kappa shape index (κ2) is 9.77. The van der Waals surface area contributed by atoms with Crippen molar-refractivity contribution in [2.75, 3.05) is 13.2 Å². The number of benzene rings is 2. The number of ketones is 1. The number of aliphatic hydroxyl groups excluding tert-OH is 1. The largest absolute Gasteiger partial charge is 0.507 e. The number of likely N-dealkylation sites (tertiary alicyclic amines) is 1. The highest BCUT2D eigenvalue weighted by molar-refractivity contribution is 6.46. The number of ether oxygens (including phenoxy) is 1. The van der Waals surface area contributed by atoms with Crippen LogP contribution < -0.4 is 4.74 Å². The Morgan fingerprint density at radius 1 is 1.13 bits per heavy atom. The van der Waals surface area contributed by atoms with Crippen LogP contribution in [0, 0.1) is 11.7 Å². The molecule has 6 heteroatoms. The molecule has 0 spiro atoms. The topological polar surface area (TPSA) is 66.8 Å². The van der Waals surface area contributed by atoms with Crippen molar-refractivity contribution >= 4 is 17.4 Å². The second-order valence-electron chi connectivity index (χ2n) is 8.10. The molecule has 0 aromatic heterocycles. The normalized spacial score (nSPS) is 18.1. The minimum atomic E-state index is -0.968. The highest BCUT2D eigenvalue weighted by Gasteiger charge is 2.46. The summed E-state index contributed by atoms with van der Waals surface area (Å²) >= 11 is 0. The van der Waals surface area contributed by atoms with Gasteiger partial charge in [0.15, 0.2) is 0 Å². The van der Waals surface area contributed by atoms with Gasteiger partial charge in [-0.1, -0.05) is 45.4 Å². The SMILES string of the molecule is CCCCN1C(=O)C(=O)/C(=C(\O)c2ccc(OCC(C)C)cc2)C1c1ccccc1F. The smallest absolute Gasteiger partial charge is 0.295 e. The number of carbonyl (C=O) groups is 2. The summed E-state index contributed by atoms with van der Waals surface area (Å²) < 4.78 is 20.3. The lowest BCUT2D eigenvalue weighted by Gasteiger charge is -2.25. The van der Waals surface area contributed by atoms with Gasteiger partial charge in [0.1, 0.15) is 17.3 Å². The van der Waals surface area contributed by atoms with E-state index in [1.165, 1.54) is 11.0 Å². The Balaban J connectivity index is 2.04. The zero-order chi connectivity index (χ0) is 22.5. The first kappa shape index (κ1) is 22.5. The number of aliphatic hydroxyl groups is 1. The van der Waals surface area contributed by atoms with Gasteiger partial charge in [0.25, 0.3) is 11.7 Å². The molecule has 0 saturated carbocycles. The molecule has 164 valence electrons. The number of rotatable bonds is 8. The predicted molar refractivity (Wildman–Crippen MR) is 117 cm³/mol. The molecule has 0 radical (unpaired) electrons. The molecular formula is C25H28FNO4. The summed E-state index contributed by atoms with van der Waals surface area (Å²) in [6, 6.07) is 11.7. The summed E-state index contributed by atoms with van der Waals surface area (Å²) in [7, 11) is 0. The van der Waals surface area contributed by atoms with Crippen LogP contribution in [0.1, 0.15) is 50.8 Å². The highest BCUT2D eigenvalue weighted by Crippen LogP contribution is 2.40. The van der Waals surface area contributed by atoms with Crippen LogP contribution in [-0.4, -0.2) is 34.8 Å². The number of halogens is 1. The van der Waals surface area contributed by atoms with E-state index in [2.05, 4.69) is 0 Å². The maximum atomic E-state index is 14.7. The molecule has 2 aromatic rings. The van der Waals surface area contributed by atoms with E-state index in [0.717, 1.165) is 6.42 Å². The van der Waals surface area contributed by atoms with Crippen molar-refractivity contribution in [1.82, 2.24) is 4.90 Å². The van der Waals surface area contributed by atoms with Gasteiger partial charge < -0.3 is 14.7 Å². The third kappa shape index (κ3) is 4.79. The molecule has 1 amide bonds. The third-order valence-corrected chi connectivity index (χ3v) is 5.20. The van der Waals surface area contributed by atoms with E-state index in [1.54, 1.807) is 42.5 Å². The molecule has 31 heavy (non-hydrogen) atoms. The van der Waals surface area contributed by atoms with Crippen LogP contribution in [0.3, 0.4) is 0 Å². The van der Waals surface area contributed by atoms with Crippen molar-refractivity contribution in [3.8, 4) is 5.75 Å². The fourth-order valence-electron chi connectivity index (χ4n) is 3.59. The van der Waals surface area contributed by atoms with E-state index >= 15 is 0 Å². The van der Waals surface area contributed by atoms with Crippen molar-refractivity contribution in [2.45, 2.75) is 39.7 Å². The van der Waals surface area contributed by atoms with Gasteiger partial charge in [-0.3, -0.25) is 9.59 Å². The van der Waals surface area contributed by atoms with E-state index in [1.807, 2.05) is 20.8 Å². The lowest BCUT2D eigenvalue weighted by molar-refractivity contribution is -0.139. The molecule has 1 aliphatic rings. The number of nitrogens with zero attached hydrogens (tertiary/aromatic N) is 1. The summed E-state index contributed by atoms with van der Waals surface area (Å²) in [6.07, 6.45) is 1.48. The summed E-state index contributed by atoms with van der Waals surface area (Å²) in [6.45, 7) is 6.92. The lowest BCUT2D eigenvalue weighted by atomic mass is 9.95. The Hall–Kier alpha value is -3.15. The number of carbonyl (C=O) groups excluding carboxylic acids is 2. The van der Waals surface area contributed by atoms with E-state index in [0.29, 0.717) is 36.8 Å². The first-order valence-electron chi connectivity index (χ1n) is 10.6. The van der Waals surface area contributed by atoms with Crippen LogP contribution in [0.4, 0.5) is 4.39 Å². The van der Waals surface area contributed by atoms with Crippen LogP contribution in [0.2, 0.25) is 0 Å². The van der Waals surface area contributed by atoms with Crippen molar-refractivity contribution in [3.05, 3.63) is 71.0 Å². The first-order valence-corrected chi connectivity index (χ1v) is 10.6. The van der Waals surface area contributed by atoms with Gasteiger partial charge in [-0.15, -0.1) is 0 Å². The molecule has 5 nitrogen and oxygen atoms in total. The molecular weight excluding hydrogens is 397 g/mol. The molecule has 1 heterocycles. The first-order chi connectivity index (χ1) is 14.8. The van der Waals surface area contributed by atoms with E-state index < -0.39 is 23.5 Å². The van der Waals surface area contributed by atoms with E-state index in [9.17, 15) is 19.1 Å². The lowest BCUT2D eigenvalue weighted by Crippen LogP contribution is -2.31. The molecule has 1 aliphatic heterocycles. The summed E-state index contributed by atoms with van der Waals surface area (Å²) in [5, 5.41) is 11.0. The summed E-state index contributed by atoms with van der Waals surface area (Å²) in [5.74, 6) is -1.37. The number of Topliss-reactive ketones (excluding diaryl/α,β-unsaturated/α-hetero) is 1. The van der Waals surface area contributed by atoms with Crippen LogP contribution >= 0.6 is 0 Å². The zero-order valence-corrected chi connectivity index (χ0v) is 18.1. The maximum absolute atomic E-state index is 14.7. The monoisotopic (exact) mass is 425 g/mol. The molecule has 0 bridgehead atoms. The Labute approximate surface area is 182 Å². The fraction of sp³-hybridized carbons (Fsp3) is 0.360. The molecule has 3 rings (SSSR count). The molecule has 2 aromatic carbocycles. The molecule has 1 unspecified atom stereocenters. The average molecular weight is 426 g/mol. The minimum Gasteiger partial charge on any atom is -0.507 e. The number of hydrogen-bond donors (Lipinski definition) is 1. The summed E-state index contributed by atoms with van der Waals surface area (Å²) in [5.41, 5.74) is 0.463. The Morgan fingerprint density at radius 2 is 1.81 bits per heavy atom. The third-order valence-electron chi connectivity index (χ3n) is 5.20. The molecule has 1 saturated heterocycles. The van der Waals surface area contributed by atoms with Gasteiger partial charge in [0, 0.05) is 17.7 Å². The molecule has 0 aliphatic carbocycles. The quantitative estimate of drug-likeness (QED) is 0.364. The Bertz CT molecular complexity index is 981. The standard InChI is InChI=1S/C25H28FNO4/c1-4-5-14-27-22(19-8-6-7-9-20(19)26)21(24(29)25(27)30)23(28)17-10-12-18(13-11-17)31-15-16(2)3/h6-13,16,22,28H,4-5,14-15H2,1-3H3/b23-21-. The van der Waals surface area contributed by atoms with Gasteiger partial charge in [-0.05, 0) is 42.7 Å². The van der Waals surface area contributed by atoms with Crippen LogP contribution in [0.5, 0.6) is 5.75 Å². The maximum Gasteiger partial charge on any atom is 0.295 e. The average Bonchev–Trinajstić information content (AvgIpc) is 3.01. The van der Waals surface area contributed by atoms with Gasteiger partial charge >= 0.3 is 0 Å². The zero-order valence-electron chi connectivity index (χ0n) is 18.1. The number of amides is 1. The number of unbranched alkanes of at least 4 members (excludes halogenated alkanes) is 1. The van der Waals surface area contributed by atoms with Gasteiger partial charge in [0.05, 0.1) is 18.2 Å². The second-order valence-corrected chi connectivity index (χ2v) is 8.10. The Morgan fingerprint density at radius 3 is 2.42 bits per heavy atom. The highest BCUT2D eigenvalue weighted by atomic mass is 19.1. The van der Waals surface area contributed by atoms with Crippen LogP contribution in [-0.2, 0) is 9.59 Å². The van der Waals surface area contributed by atoms with Crippen molar-refractivity contribution < 1.29 is 23.8 Å². The molecule has 1 fully saturated rings.